The first-order valence-electron chi connectivity index (χ1n) is 6.61. The number of para-hydroxylation sites is 1. The normalized spacial score (nSPS) is 10.6. The first kappa shape index (κ1) is 13.6. The Bertz CT molecular complexity index is 755. The fraction of sp³-hybridized carbons (Fsp3) is 0.125. The van der Waals surface area contributed by atoms with E-state index in [-0.39, 0.29) is 0 Å². The van der Waals surface area contributed by atoms with E-state index in [1.54, 1.807) is 0 Å². The van der Waals surface area contributed by atoms with Crippen molar-refractivity contribution in [2.24, 2.45) is 0 Å². The molecule has 0 aliphatic heterocycles. The largest absolute Gasteiger partial charge is 0.387 e. The fourth-order valence-corrected chi connectivity index (χ4v) is 2.34. The molecule has 0 spiro atoms. The number of aromatic nitrogens is 2. The van der Waals surface area contributed by atoms with Crippen molar-refractivity contribution in [2.45, 2.75) is 6.42 Å². The van der Waals surface area contributed by atoms with Gasteiger partial charge in [-0.05, 0) is 23.8 Å². The van der Waals surface area contributed by atoms with Gasteiger partial charge in [0.2, 0.25) is 0 Å². The second kappa shape index (κ2) is 5.97. The molecular weight excluding hydrogens is 286 g/mol. The Kier molecular flexibility index (Phi) is 3.88. The molecule has 0 aliphatic rings. The van der Waals surface area contributed by atoms with Crippen molar-refractivity contribution in [3.63, 3.8) is 0 Å². The van der Waals surface area contributed by atoms with E-state index in [0.29, 0.717) is 23.2 Å². The molecule has 1 aromatic heterocycles. The van der Waals surface area contributed by atoms with Crippen LogP contribution in [-0.4, -0.2) is 17.2 Å². The highest BCUT2D eigenvalue weighted by atomic mass is 35.5. The topological polar surface area (TPSA) is 51.0 Å². The highest BCUT2D eigenvalue weighted by Gasteiger charge is 2.13. The van der Waals surface area contributed by atoms with Gasteiger partial charge in [0.1, 0.15) is 0 Å². The second-order valence-corrected chi connectivity index (χ2v) is 4.99. The zero-order chi connectivity index (χ0) is 14.7. The predicted octanol–water partition coefficient (Wildman–Crippen LogP) is 4.02. The van der Waals surface area contributed by atoms with Crippen LogP contribution in [0.5, 0.6) is 0 Å². The minimum atomic E-state index is 0.502. The predicted molar refractivity (Wildman–Crippen MR) is 83.5 cm³/mol. The molecule has 3 rings (SSSR count). The van der Waals surface area contributed by atoms with Gasteiger partial charge in [0.15, 0.2) is 5.82 Å². The number of rotatable bonds is 4. The summed E-state index contributed by atoms with van der Waals surface area (Å²) in [5, 5.41) is 7.85. The number of benzene rings is 2. The summed E-state index contributed by atoms with van der Waals surface area (Å²) in [6.07, 6.45) is 0.547. The van der Waals surface area contributed by atoms with Crippen LogP contribution in [0, 0.1) is 0 Å². The van der Waals surface area contributed by atoms with Crippen molar-refractivity contribution in [3.8, 4) is 11.5 Å². The van der Waals surface area contributed by atoms with E-state index in [4.69, 9.17) is 16.1 Å². The van der Waals surface area contributed by atoms with Crippen molar-refractivity contribution >= 4 is 17.3 Å². The van der Waals surface area contributed by atoms with E-state index in [9.17, 15) is 0 Å². The van der Waals surface area contributed by atoms with Crippen LogP contribution in [0.4, 0.5) is 5.69 Å². The van der Waals surface area contributed by atoms with Crippen LogP contribution in [0.1, 0.15) is 11.4 Å². The number of halogens is 1. The number of anilines is 1. The minimum absolute atomic E-state index is 0.502. The lowest BCUT2D eigenvalue weighted by molar-refractivity contribution is 0.424. The number of hydrogen-bond acceptors (Lipinski definition) is 4. The third-order valence-electron chi connectivity index (χ3n) is 3.20. The Morgan fingerprint density at radius 1 is 1.10 bits per heavy atom. The average molecular weight is 300 g/mol. The molecule has 0 bridgehead atoms. The fourth-order valence-electron chi connectivity index (χ4n) is 2.13. The van der Waals surface area contributed by atoms with Gasteiger partial charge in [-0.1, -0.05) is 47.1 Å². The van der Waals surface area contributed by atoms with Gasteiger partial charge in [0, 0.05) is 24.2 Å². The Balaban J connectivity index is 1.89. The summed E-state index contributed by atoms with van der Waals surface area (Å²) in [6, 6.07) is 15.5. The van der Waals surface area contributed by atoms with E-state index in [2.05, 4.69) is 15.5 Å². The van der Waals surface area contributed by atoms with Gasteiger partial charge in [-0.25, -0.2) is 0 Å². The van der Waals surface area contributed by atoms with Crippen molar-refractivity contribution in [2.75, 3.05) is 12.4 Å². The maximum Gasteiger partial charge on any atom is 0.260 e. The Labute approximate surface area is 127 Å². The Hall–Kier alpha value is -2.33. The van der Waals surface area contributed by atoms with Crippen LogP contribution in [0.15, 0.2) is 53.1 Å². The smallest absolute Gasteiger partial charge is 0.260 e. The van der Waals surface area contributed by atoms with Crippen LogP contribution in [0.25, 0.3) is 11.5 Å². The third-order valence-corrected chi connectivity index (χ3v) is 3.57. The molecule has 0 fully saturated rings. The molecular formula is C16H14ClN3O. The molecule has 0 atom stereocenters. The summed E-state index contributed by atoms with van der Waals surface area (Å²) in [5.41, 5.74) is 2.82. The highest BCUT2D eigenvalue weighted by Crippen LogP contribution is 2.26. The molecule has 0 radical (unpaired) electrons. The lowest BCUT2D eigenvalue weighted by Crippen LogP contribution is -1.93. The maximum atomic E-state index is 6.15. The third kappa shape index (κ3) is 2.90. The summed E-state index contributed by atoms with van der Waals surface area (Å²) in [7, 11) is 1.86. The van der Waals surface area contributed by atoms with E-state index >= 15 is 0 Å². The van der Waals surface area contributed by atoms with Crippen LogP contribution in [0.3, 0.4) is 0 Å². The molecule has 5 heteroatoms. The molecule has 4 nitrogen and oxygen atoms in total. The van der Waals surface area contributed by atoms with Gasteiger partial charge in [-0.15, -0.1) is 0 Å². The van der Waals surface area contributed by atoms with E-state index in [1.165, 1.54) is 0 Å². The zero-order valence-electron chi connectivity index (χ0n) is 11.5. The van der Waals surface area contributed by atoms with Gasteiger partial charge in [0.25, 0.3) is 5.89 Å². The molecule has 0 saturated heterocycles. The monoisotopic (exact) mass is 299 g/mol. The zero-order valence-corrected chi connectivity index (χ0v) is 12.3. The molecule has 1 N–H and O–H groups in total. The Morgan fingerprint density at radius 3 is 2.67 bits per heavy atom. The van der Waals surface area contributed by atoms with Crippen molar-refractivity contribution in [1.29, 1.82) is 0 Å². The van der Waals surface area contributed by atoms with Gasteiger partial charge < -0.3 is 9.84 Å². The van der Waals surface area contributed by atoms with Crippen molar-refractivity contribution in [3.05, 3.63) is 64.9 Å². The number of hydrogen-bond donors (Lipinski definition) is 1. The quantitative estimate of drug-likeness (QED) is 0.790. The second-order valence-electron chi connectivity index (χ2n) is 4.58. The molecule has 1 heterocycles. The lowest BCUT2D eigenvalue weighted by Gasteiger charge is -2.03. The van der Waals surface area contributed by atoms with Crippen LogP contribution in [0.2, 0.25) is 5.02 Å². The van der Waals surface area contributed by atoms with Gasteiger partial charge in [-0.3, -0.25) is 0 Å². The molecule has 0 amide bonds. The minimum Gasteiger partial charge on any atom is -0.387 e. The molecule has 0 unspecified atom stereocenters. The molecule has 2 aromatic carbocycles. The van der Waals surface area contributed by atoms with Gasteiger partial charge >= 0.3 is 0 Å². The van der Waals surface area contributed by atoms with Crippen LogP contribution < -0.4 is 5.32 Å². The molecule has 3 aromatic rings. The molecule has 21 heavy (non-hydrogen) atoms. The van der Waals surface area contributed by atoms with Crippen molar-refractivity contribution < 1.29 is 4.52 Å². The van der Waals surface area contributed by atoms with Crippen LogP contribution in [-0.2, 0) is 6.42 Å². The summed E-state index contributed by atoms with van der Waals surface area (Å²) < 4.78 is 5.36. The molecule has 106 valence electrons. The van der Waals surface area contributed by atoms with Crippen molar-refractivity contribution in [1.82, 2.24) is 10.1 Å². The maximum absolute atomic E-state index is 6.15. The first-order valence-corrected chi connectivity index (χ1v) is 6.99. The van der Waals surface area contributed by atoms with Gasteiger partial charge in [-0.2, -0.15) is 4.98 Å². The van der Waals surface area contributed by atoms with E-state index in [0.717, 1.165) is 16.8 Å². The number of nitrogens with one attached hydrogen (secondary N) is 1. The Morgan fingerprint density at radius 2 is 1.86 bits per heavy atom. The number of nitrogens with zero attached hydrogens (tertiary/aromatic N) is 2. The van der Waals surface area contributed by atoms with E-state index in [1.807, 2.05) is 55.6 Å². The van der Waals surface area contributed by atoms with Gasteiger partial charge in [0.05, 0.1) is 5.56 Å². The highest BCUT2D eigenvalue weighted by molar-refractivity contribution is 6.31. The SMILES string of the molecule is CNc1ccccc1-c1nc(Cc2ccccc2Cl)no1. The molecule has 0 saturated carbocycles. The summed E-state index contributed by atoms with van der Waals surface area (Å²) in [5.74, 6) is 1.12. The standard InChI is InChI=1S/C16H14ClN3O/c1-18-14-9-5-3-7-12(14)16-19-15(20-21-16)10-11-6-2-4-8-13(11)17/h2-9,18H,10H2,1H3. The van der Waals surface area contributed by atoms with E-state index < -0.39 is 0 Å². The summed E-state index contributed by atoms with van der Waals surface area (Å²) in [6.45, 7) is 0. The van der Waals surface area contributed by atoms with Crippen LogP contribution >= 0.6 is 11.6 Å². The first-order chi connectivity index (χ1) is 10.3. The summed E-state index contributed by atoms with van der Waals surface area (Å²) in [4.78, 5) is 4.45. The average Bonchev–Trinajstić information content (AvgIpc) is 2.98. The lowest BCUT2D eigenvalue weighted by atomic mass is 10.1. The molecule has 0 aliphatic carbocycles. The summed E-state index contributed by atoms with van der Waals surface area (Å²) >= 11 is 6.15.